The third-order valence-electron chi connectivity index (χ3n) is 3.06. The van der Waals surface area contributed by atoms with Crippen molar-refractivity contribution in [3.05, 3.63) is 0 Å². The Bertz CT molecular complexity index is 158. The summed E-state index contributed by atoms with van der Waals surface area (Å²) in [5.41, 5.74) is 0. The standard InChI is InChI=1S/C10H18Cl2/c1-6(2)7-5-8(9(7)11)10(3,4)12/h6-9H,5H2,1-4H3. The van der Waals surface area contributed by atoms with Gasteiger partial charge in [-0.15, -0.1) is 23.2 Å². The van der Waals surface area contributed by atoms with E-state index in [0.717, 1.165) is 0 Å². The summed E-state index contributed by atoms with van der Waals surface area (Å²) in [6, 6.07) is 0. The minimum absolute atomic E-state index is 0.127. The van der Waals surface area contributed by atoms with Crippen LogP contribution in [0, 0.1) is 17.8 Å². The SMILES string of the molecule is CC(C)C1CC(C(C)(C)Cl)C1Cl. The summed E-state index contributed by atoms with van der Waals surface area (Å²) in [4.78, 5) is -0.127. The number of alkyl halides is 2. The van der Waals surface area contributed by atoms with Crippen molar-refractivity contribution in [1.82, 2.24) is 0 Å². The first-order valence-electron chi connectivity index (χ1n) is 4.67. The van der Waals surface area contributed by atoms with E-state index < -0.39 is 0 Å². The Kier molecular flexibility index (Phi) is 3.00. The zero-order valence-corrected chi connectivity index (χ0v) is 9.78. The van der Waals surface area contributed by atoms with E-state index in [9.17, 15) is 0 Å². The molecule has 1 aliphatic rings. The largest absolute Gasteiger partial charge is 0.122 e. The quantitative estimate of drug-likeness (QED) is 0.605. The molecule has 3 atom stereocenters. The molecular formula is C10H18Cl2. The van der Waals surface area contributed by atoms with Gasteiger partial charge >= 0.3 is 0 Å². The van der Waals surface area contributed by atoms with Gasteiger partial charge in [0.25, 0.3) is 0 Å². The van der Waals surface area contributed by atoms with Gasteiger partial charge in [0.15, 0.2) is 0 Å². The van der Waals surface area contributed by atoms with Gasteiger partial charge in [-0.2, -0.15) is 0 Å². The van der Waals surface area contributed by atoms with Crippen LogP contribution < -0.4 is 0 Å². The first-order valence-corrected chi connectivity index (χ1v) is 5.48. The van der Waals surface area contributed by atoms with Gasteiger partial charge in [-0.1, -0.05) is 13.8 Å². The van der Waals surface area contributed by atoms with E-state index in [1.165, 1.54) is 6.42 Å². The normalized spacial score (nSPS) is 36.8. The van der Waals surface area contributed by atoms with Crippen LogP contribution in [-0.4, -0.2) is 10.3 Å². The Morgan fingerprint density at radius 3 is 2.08 bits per heavy atom. The van der Waals surface area contributed by atoms with E-state index in [1.807, 2.05) is 0 Å². The number of rotatable bonds is 2. The third-order valence-corrected chi connectivity index (χ3v) is 3.97. The average Bonchev–Trinajstić information content (AvgIpc) is 1.80. The highest BCUT2D eigenvalue weighted by Crippen LogP contribution is 2.49. The molecule has 0 N–H and O–H groups in total. The van der Waals surface area contributed by atoms with E-state index in [-0.39, 0.29) is 10.3 Å². The van der Waals surface area contributed by atoms with Gasteiger partial charge < -0.3 is 0 Å². The molecule has 0 aromatic carbocycles. The molecule has 0 nitrogen and oxygen atoms in total. The molecule has 0 radical (unpaired) electrons. The zero-order chi connectivity index (χ0) is 9.52. The van der Waals surface area contributed by atoms with E-state index in [1.54, 1.807) is 0 Å². The third kappa shape index (κ3) is 1.90. The first kappa shape index (κ1) is 10.7. The molecule has 0 bridgehead atoms. The van der Waals surface area contributed by atoms with Gasteiger partial charge in [-0.25, -0.2) is 0 Å². The molecule has 0 aromatic heterocycles. The Balaban J connectivity index is 2.49. The Hall–Kier alpha value is 0.580. The topological polar surface area (TPSA) is 0 Å². The number of hydrogen-bond donors (Lipinski definition) is 0. The summed E-state index contributed by atoms with van der Waals surface area (Å²) in [6.45, 7) is 8.59. The summed E-state index contributed by atoms with van der Waals surface area (Å²) in [5.74, 6) is 1.87. The van der Waals surface area contributed by atoms with Crippen molar-refractivity contribution in [3.8, 4) is 0 Å². The summed E-state index contributed by atoms with van der Waals surface area (Å²) in [6.07, 6.45) is 1.20. The predicted octanol–water partition coefficient (Wildman–Crippen LogP) is 3.90. The summed E-state index contributed by atoms with van der Waals surface area (Å²) in [7, 11) is 0. The van der Waals surface area contributed by atoms with Crippen LogP contribution in [0.2, 0.25) is 0 Å². The lowest BCUT2D eigenvalue weighted by Crippen LogP contribution is -2.49. The minimum atomic E-state index is -0.127. The number of halogens is 2. The zero-order valence-electron chi connectivity index (χ0n) is 8.27. The van der Waals surface area contributed by atoms with Crippen molar-refractivity contribution in [3.63, 3.8) is 0 Å². The number of hydrogen-bond acceptors (Lipinski definition) is 0. The lowest BCUT2D eigenvalue weighted by molar-refractivity contribution is 0.122. The summed E-state index contributed by atoms with van der Waals surface area (Å²) >= 11 is 12.5. The van der Waals surface area contributed by atoms with Crippen molar-refractivity contribution in [2.75, 3.05) is 0 Å². The lowest BCUT2D eigenvalue weighted by atomic mass is 9.64. The molecule has 2 heteroatoms. The molecule has 12 heavy (non-hydrogen) atoms. The van der Waals surface area contributed by atoms with Gasteiger partial charge in [-0.3, -0.25) is 0 Å². The molecule has 0 aromatic rings. The monoisotopic (exact) mass is 208 g/mol. The minimum Gasteiger partial charge on any atom is -0.122 e. The molecule has 0 spiro atoms. The summed E-state index contributed by atoms with van der Waals surface area (Å²) in [5, 5.41) is 0.289. The average molecular weight is 209 g/mol. The van der Waals surface area contributed by atoms with E-state index in [0.29, 0.717) is 17.8 Å². The Morgan fingerprint density at radius 2 is 1.83 bits per heavy atom. The van der Waals surface area contributed by atoms with Crippen molar-refractivity contribution in [2.24, 2.45) is 17.8 Å². The fraction of sp³-hybridized carbons (Fsp3) is 1.00. The van der Waals surface area contributed by atoms with Crippen molar-refractivity contribution < 1.29 is 0 Å². The highest BCUT2D eigenvalue weighted by molar-refractivity contribution is 6.26. The Morgan fingerprint density at radius 1 is 1.33 bits per heavy atom. The molecule has 1 saturated carbocycles. The van der Waals surface area contributed by atoms with Crippen LogP contribution in [0.1, 0.15) is 34.1 Å². The molecule has 1 fully saturated rings. The van der Waals surface area contributed by atoms with Gasteiger partial charge in [0.05, 0.1) is 0 Å². The van der Waals surface area contributed by atoms with Gasteiger partial charge in [0.1, 0.15) is 0 Å². The molecule has 0 heterocycles. The van der Waals surface area contributed by atoms with Crippen LogP contribution in [0.4, 0.5) is 0 Å². The van der Waals surface area contributed by atoms with Crippen molar-refractivity contribution >= 4 is 23.2 Å². The van der Waals surface area contributed by atoms with Crippen LogP contribution in [0.15, 0.2) is 0 Å². The van der Waals surface area contributed by atoms with Gasteiger partial charge in [0.2, 0.25) is 0 Å². The first-order chi connectivity index (χ1) is 5.34. The van der Waals surface area contributed by atoms with E-state index >= 15 is 0 Å². The Labute approximate surface area is 85.6 Å². The second kappa shape index (κ2) is 3.38. The van der Waals surface area contributed by atoms with Crippen LogP contribution in [0.5, 0.6) is 0 Å². The van der Waals surface area contributed by atoms with Crippen molar-refractivity contribution in [1.29, 1.82) is 0 Å². The molecule has 0 saturated heterocycles. The van der Waals surface area contributed by atoms with E-state index in [2.05, 4.69) is 27.7 Å². The molecule has 1 aliphatic carbocycles. The maximum Gasteiger partial charge on any atom is 0.0433 e. The fourth-order valence-electron chi connectivity index (χ4n) is 1.95. The maximum atomic E-state index is 6.28. The predicted molar refractivity (Wildman–Crippen MR) is 56.0 cm³/mol. The molecule has 0 amide bonds. The maximum absolute atomic E-state index is 6.28. The van der Waals surface area contributed by atoms with Crippen LogP contribution in [-0.2, 0) is 0 Å². The lowest BCUT2D eigenvalue weighted by Gasteiger charge is -2.48. The van der Waals surface area contributed by atoms with Gasteiger partial charge in [-0.05, 0) is 38.0 Å². The molecule has 3 unspecified atom stereocenters. The summed E-state index contributed by atoms with van der Waals surface area (Å²) < 4.78 is 0. The van der Waals surface area contributed by atoms with Gasteiger partial charge in [0, 0.05) is 10.3 Å². The van der Waals surface area contributed by atoms with Crippen molar-refractivity contribution in [2.45, 2.75) is 44.4 Å². The highest BCUT2D eigenvalue weighted by atomic mass is 35.5. The smallest absolute Gasteiger partial charge is 0.0433 e. The molecule has 1 rings (SSSR count). The van der Waals surface area contributed by atoms with Crippen LogP contribution >= 0.6 is 23.2 Å². The molecular weight excluding hydrogens is 191 g/mol. The second-order valence-electron chi connectivity index (χ2n) is 4.76. The fourth-order valence-corrected chi connectivity index (χ4v) is 3.06. The molecule has 72 valence electrons. The van der Waals surface area contributed by atoms with Crippen LogP contribution in [0.3, 0.4) is 0 Å². The van der Waals surface area contributed by atoms with Crippen LogP contribution in [0.25, 0.3) is 0 Å². The highest BCUT2D eigenvalue weighted by Gasteiger charge is 2.47. The second-order valence-corrected chi connectivity index (χ2v) is 6.24. The van der Waals surface area contributed by atoms with E-state index in [4.69, 9.17) is 23.2 Å². The molecule has 0 aliphatic heterocycles.